The van der Waals surface area contributed by atoms with Crippen LogP contribution >= 0.6 is 0 Å². The maximum atomic E-state index is 12.9. The van der Waals surface area contributed by atoms with E-state index in [0.29, 0.717) is 42.0 Å². The van der Waals surface area contributed by atoms with Gasteiger partial charge in [0.2, 0.25) is 6.79 Å². The van der Waals surface area contributed by atoms with Crippen LogP contribution in [0.2, 0.25) is 0 Å². The average molecular weight is 400 g/mol. The Morgan fingerprint density at radius 3 is 2.72 bits per heavy atom. The lowest BCUT2D eigenvalue weighted by Gasteiger charge is -2.33. The summed E-state index contributed by atoms with van der Waals surface area (Å²) in [6.45, 7) is 3.49. The second-order valence-corrected chi connectivity index (χ2v) is 7.01. The van der Waals surface area contributed by atoms with Crippen LogP contribution in [0.15, 0.2) is 34.7 Å². The monoisotopic (exact) mass is 400 g/mol. The molecule has 0 saturated carbocycles. The van der Waals surface area contributed by atoms with Gasteiger partial charge in [0.05, 0.1) is 29.1 Å². The van der Waals surface area contributed by atoms with E-state index in [9.17, 15) is 19.7 Å². The molecule has 9 heteroatoms. The minimum atomic E-state index is -0.909. The van der Waals surface area contributed by atoms with Crippen molar-refractivity contribution in [1.82, 2.24) is 5.32 Å². The van der Waals surface area contributed by atoms with Crippen LogP contribution in [0.3, 0.4) is 0 Å². The SMILES string of the molecule is CCOC(=O)C1=C(C)NC2=C(C(=O)CCC2)[C@@H]1c1cc2c(cc1[N+](=O)[O-])OCO2. The number of carbonyl (C=O) groups is 2. The first-order valence-electron chi connectivity index (χ1n) is 9.41. The molecule has 0 radical (unpaired) electrons. The first-order chi connectivity index (χ1) is 13.9. The van der Waals surface area contributed by atoms with Crippen LogP contribution in [0.4, 0.5) is 5.69 Å². The summed E-state index contributed by atoms with van der Waals surface area (Å²) < 4.78 is 15.9. The zero-order chi connectivity index (χ0) is 20.7. The summed E-state index contributed by atoms with van der Waals surface area (Å²) in [6.07, 6.45) is 1.64. The molecule has 3 aliphatic rings. The lowest BCUT2D eigenvalue weighted by Crippen LogP contribution is -2.34. The molecule has 29 heavy (non-hydrogen) atoms. The molecule has 1 N–H and O–H groups in total. The van der Waals surface area contributed by atoms with Gasteiger partial charge in [-0.3, -0.25) is 14.9 Å². The van der Waals surface area contributed by atoms with E-state index in [2.05, 4.69) is 5.32 Å². The minimum absolute atomic E-state index is 0.0470. The molecule has 0 saturated heterocycles. The fourth-order valence-corrected chi connectivity index (χ4v) is 4.11. The molecule has 1 atom stereocenters. The average Bonchev–Trinajstić information content (AvgIpc) is 3.13. The number of hydrogen-bond acceptors (Lipinski definition) is 8. The smallest absolute Gasteiger partial charge is 0.336 e. The Labute approximate surface area is 166 Å². The van der Waals surface area contributed by atoms with Crippen molar-refractivity contribution in [2.45, 2.75) is 39.0 Å². The lowest BCUT2D eigenvalue weighted by atomic mass is 9.74. The van der Waals surface area contributed by atoms with Gasteiger partial charge in [-0.05, 0) is 32.8 Å². The van der Waals surface area contributed by atoms with E-state index in [1.54, 1.807) is 13.8 Å². The van der Waals surface area contributed by atoms with E-state index in [-0.39, 0.29) is 41.8 Å². The Kier molecular flexibility index (Phi) is 4.73. The minimum Gasteiger partial charge on any atom is -0.463 e. The molecule has 2 heterocycles. The summed E-state index contributed by atoms with van der Waals surface area (Å²) in [5.41, 5.74) is 1.78. The molecule has 1 aromatic rings. The predicted octanol–water partition coefficient (Wildman–Crippen LogP) is 2.85. The van der Waals surface area contributed by atoms with Crippen LogP contribution in [0.1, 0.15) is 44.6 Å². The fourth-order valence-electron chi connectivity index (χ4n) is 4.11. The molecule has 1 aliphatic carbocycles. The molecular formula is C20H20N2O7. The Bertz CT molecular complexity index is 993. The number of hydrogen-bond donors (Lipinski definition) is 1. The third kappa shape index (κ3) is 3.12. The predicted molar refractivity (Wildman–Crippen MR) is 100 cm³/mol. The van der Waals surface area contributed by atoms with Crippen molar-refractivity contribution in [1.29, 1.82) is 0 Å². The molecule has 2 aliphatic heterocycles. The van der Waals surface area contributed by atoms with Crippen molar-refractivity contribution in [2.24, 2.45) is 0 Å². The zero-order valence-electron chi connectivity index (χ0n) is 16.1. The van der Waals surface area contributed by atoms with Gasteiger partial charge in [0.15, 0.2) is 17.3 Å². The second kappa shape index (κ2) is 7.23. The summed E-state index contributed by atoms with van der Waals surface area (Å²) in [5, 5.41) is 15.0. The summed E-state index contributed by atoms with van der Waals surface area (Å²) in [7, 11) is 0. The Morgan fingerprint density at radius 2 is 2.03 bits per heavy atom. The zero-order valence-corrected chi connectivity index (χ0v) is 16.1. The highest BCUT2D eigenvalue weighted by Gasteiger charge is 2.42. The first-order valence-corrected chi connectivity index (χ1v) is 9.41. The number of nitro groups is 1. The van der Waals surface area contributed by atoms with Gasteiger partial charge < -0.3 is 19.5 Å². The van der Waals surface area contributed by atoms with Gasteiger partial charge in [0, 0.05) is 29.0 Å². The number of ketones is 1. The maximum absolute atomic E-state index is 12.9. The van der Waals surface area contributed by atoms with Gasteiger partial charge in [0.1, 0.15) is 0 Å². The molecule has 0 bridgehead atoms. The molecule has 0 amide bonds. The number of rotatable bonds is 4. The number of nitrogens with zero attached hydrogens (tertiary/aromatic N) is 1. The largest absolute Gasteiger partial charge is 0.463 e. The van der Waals surface area contributed by atoms with Crippen LogP contribution < -0.4 is 14.8 Å². The van der Waals surface area contributed by atoms with Crippen LogP contribution in [0.25, 0.3) is 0 Å². The standard InChI is InChI=1S/C20H20N2O7/c1-3-27-20(24)17-10(2)21-12-5-4-6-14(23)19(12)18(17)11-7-15-16(29-9-28-15)8-13(11)22(25)26/h7-8,18,21H,3-6,9H2,1-2H3/t18-/m1/s1. The number of nitrogens with one attached hydrogen (secondary N) is 1. The molecule has 1 aromatic carbocycles. The van der Waals surface area contributed by atoms with Crippen molar-refractivity contribution >= 4 is 17.4 Å². The summed E-state index contributed by atoms with van der Waals surface area (Å²) >= 11 is 0. The third-order valence-corrected chi connectivity index (χ3v) is 5.30. The van der Waals surface area contributed by atoms with E-state index in [1.807, 2.05) is 0 Å². The number of allylic oxidation sites excluding steroid dienone is 3. The van der Waals surface area contributed by atoms with Gasteiger partial charge in [-0.1, -0.05) is 0 Å². The van der Waals surface area contributed by atoms with Crippen molar-refractivity contribution in [2.75, 3.05) is 13.4 Å². The van der Waals surface area contributed by atoms with Crippen molar-refractivity contribution in [3.63, 3.8) is 0 Å². The van der Waals surface area contributed by atoms with Crippen molar-refractivity contribution in [3.05, 3.63) is 50.4 Å². The third-order valence-electron chi connectivity index (χ3n) is 5.30. The molecule has 4 rings (SSSR count). The highest BCUT2D eigenvalue weighted by Crippen LogP contribution is 2.48. The van der Waals surface area contributed by atoms with Gasteiger partial charge in [-0.2, -0.15) is 0 Å². The van der Waals surface area contributed by atoms with E-state index in [0.717, 1.165) is 0 Å². The van der Waals surface area contributed by atoms with Crippen molar-refractivity contribution < 1.29 is 28.7 Å². The van der Waals surface area contributed by atoms with E-state index in [4.69, 9.17) is 14.2 Å². The van der Waals surface area contributed by atoms with Crippen LogP contribution in [0, 0.1) is 10.1 Å². The molecule has 0 fully saturated rings. The van der Waals surface area contributed by atoms with Gasteiger partial charge in [-0.15, -0.1) is 0 Å². The summed E-state index contributed by atoms with van der Waals surface area (Å²) in [6, 6.07) is 2.78. The normalized spacial score (nSPS) is 20.3. The molecular weight excluding hydrogens is 380 g/mol. The molecule has 0 aromatic heterocycles. The number of fused-ring (bicyclic) bond motifs is 1. The fraction of sp³-hybridized carbons (Fsp3) is 0.400. The highest BCUT2D eigenvalue weighted by molar-refractivity contribution is 6.04. The number of esters is 1. The molecule has 0 unspecified atom stereocenters. The van der Waals surface area contributed by atoms with E-state index < -0.39 is 16.8 Å². The lowest BCUT2D eigenvalue weighted by molar-refractivity contribution is -0.385. The molecule has 152 valence electrons. The molecule has 9 nitrogen and oxygen atoms in total. The second-order valence-electron chi connectivity index (χ2n) is 7.01. The van der Waals surface area contributed by atoms with E-state index >= 15 is 0 Å². The van der Waals surface area contributed by atoms with Crippen LogP contribution in [-0.2, 0) is 14.3 Å². The van der Waals surface area contributed by atoms with Crippen LogP contribution in [0.5, 0.6) is 11.5 Å². The first kappa shape index (κ1) is 19.0. The van der Waals surface area contributed by atoms with Crippen LogP contribution in [-0.4, -0.2) is 30.1 Å². The summed E-state index contributed by atoms with van der Waals surface area (Å²) in [4.78, 5) is 37.0. The van der Waals surface area contributed by atoms with Crippen molar-refractivity contribution in [3.8, 4) is 11.5 Å². The quantitative estimate of drug-likeness (QED) is 0.466. The Balaban J connectivity index is 1.97. The number of nitro benzene ring substituents is 1. The summed E-state index contributed by atoms with van der Waals surface area (Å²) in [5.74, 6) is -1.05. The van der Waals surface area contributed by atoms with Gasteiger partial charge >= 0.3 is 5.97 Å². The van der Waals surface area contributed by atoms with E-state index in [1.165, 1.54) is 12.1 Å². The highest BCUT2D eigenvalue weighted by atomic mass is 16.7. The number of ether oxygens (including phenoxy) is 3. The number of dihydropyridines is 1. The number of Topliss-reactive ketones (excluding diaryl/α,β-unsaturated/α-hetero) is 1. The Morgan fingerprint density at radius 1 is 1.31 bits per heavy atom. The molecule has 0 spiro atoms. The maximum Gasteiger partial charge on any atom is 0.336 e. The topological polar surface area (TPSA) is 117 Å². The number of carbonyl (C=O) groups excluding carboxylic acids is 2. The Hall–Kier alpha value is -3.36. The number of benzene rings is 1. The van der Waals surface area contributed by atoms with Gasteiger partial charge in [-0.25, -0.2) is 4.79 Å². The van der Waals surface area contributed by atoms with Gasteiger partial charge in [0.25, 0.3) is 5.69 Å².